The van der Waals surface area contributed by atoms with Crippen molar-refractivity contribution < 1.29 is 19.4 Å². The quantitative estimate of drug-likeness (QED) is 0.584. The molecule has 0 atom stereocenters. The van der Waals surface area contributed by atoms with Gasteiger partial charge in [0.15, 0.2) is 0 Å². The van der Waals surface area contributed by atoms with Gasteiger partial charge in [-0.1, -0.05) is 0 Å². The van der Waals surface area contributed by atoms with Gasteiger partial charge in [-0.25, -0.2) is 4.79 Å². The van der Waals surface area contributed by atoms with Crippen LogP contribution < -0.4 is 10.1 Å². The van der Waals surface area contributed by atoms with Gasteiger partial charge < -0.3 is 15.2 Å². The van der Waals surface area contributed by atoms with Gasteiger partial charge in [0.2, 0.25) is 0 Å². The van der Waals surface area contributed by atoms with Crippen molar-refractivity contribution in [3.05, 3.63) is 29.8 Å². The Hall–Kier alpha value is -2.04. The summed E-state index contributed by atoms with van der Waals surface area (Å²) in [5, 5.41) is 11.0. The van der Waals surface area contributed by atoms with E-state index in [-0.39, 0.29) is 11.7 Å². The topological polar surface area (TPSA) is 75.6 Å². The van der Waals surface area contributed by atoms with Crippen LogP contribution in [-0.4, -0.2) is 23.7 Å². The molecule has 1 aromatic rings. The summed E-state index contributed by atoms with van der Waals surface area (Å²) >= 11 is 0. The van der Waals surface area contributed by atoms with Crippen molar-refractivity contribution in [2.75, 3.05) is 6.54 Å². The molecule has 0 unspecified atom stereocenters. The van der Waals surface area contributed by atoms with Gasteiger partial charge in [0.1, 0.15) is 5.75 Å². The first-order valence-electron chi connectivity index (χ1n) is 4.42. The van der Waals surface area contributed by atoms with Crippen LogP contribution in [0.4, 0.5) is 4.79 Å². The van der Waals surface area contributed by atoms with Gasteiger partial charge in [0.25, 0.3) is 5.91 Å². The van der Waals surface area contributed by atoms with Crippen LogP contribution in [0.1, 0.15) is 17.3 Å². The van der Waals surface area contributed by atoms with Crippen LogP contribution in [0.2, 0.25) is 0 Å². The van der Waals surface area contributed by atoms with Crippen LogP contribution in [0.25, 0.3) is 0 Å². The number of ether oxygens (including phenoxy) is 1. The maximum absolute atomic E-state index is 11.3. The van der Waals surface area contributed by atoms with Crippen molar-refractivity contribution in [2.45, 2.75) is 6.92 Å². The SMILES string of the molecule is CCNC(=O)c1ccc(OC(=O)O)cc1. The number of benzene rings is 1. The van der Waals surface area contributed by atoms with E-state index in [9.17, 15) is 9.59 Å². The summed E-state index contributed by atoms with van der Waals surface area (Å²) in [5.74, 6) is -0.00470. The number of carboxylic acid groups (broad SMARTS) is 1. The Kier molecular flexibility index (Phi) is 3.68. The molecule has 0 aliphatic heterocycles. The largest absolute Gasteiger partial charge is 0.511 e. The average molecular weight is 209 g/mol. The lowest BCUT2D eigenvalue weighted by Crippen LogP contribution is -2.22. The molecule has 0 aliphatic rings. The summed E-state index contributed by atoms with van der Waals surface area (Å²) in [6, 6.07) is 5.86. The molecule has 0 saturated carbocycles. The molecule has 0 saturated heterocycles. The molecule has 0 spiro atoms. The van der Waals surface area contributed by atoms with Gasteiger partial charge in [-0.15, -0.1) is 0 Å². The fraction of sp³-hybridized carbons (Fsp3) is 0.200. The first-order chi connectivity index (χ1) is 7.13. The summed E-state index contributed by atoms with van der Waals surface area (Å²) in [4.78, 5) is 21.5. The van der Waals surface area contributed by atoms with Crippen molar-refractivity contribution in [1.82, 2.24) is 5.32 Å². The normalized spacial score (nSPS) is 9.40. The van der Waals surface area contributed by atoms with Crippen LogP contribution in [0.5, 0.6) is 5.75 Å². The van der Waals surface area contributed by atoms with Crippen molar-refractivity contribution in [3.63, 3.8) is 0 Å². The molecule has 80 valence electrons. The molecule has 0 heterocycles. The molecule has 1 rings (SSSR count). The zero-order valence-electron chi connectivity index (χ0n) is 8.19. The summed E-state index contributed by atoms with van der Waals surface area (Å²) in [6.07, 6.45) is -1.37. The molecule has 0 bridgehead atoms. The Morgan fingerprint density at radius 1 is 1.33 bits per heavy atom. The second-order valence-electron chi connectivity index (χ2n) is 2.75. The molecular formula is C10H11NO4. The van der Waals surface area contributed by atoms with Crippen LogP contribution in [-0.2, 0) is 0 Å². The van der Waals surface area contributed by atoms with E-state index in [0.29, 0.717) is 12.1 Å². The van der Waals surface area contributed by atoms with E-state index >= 15 is 0 Å². The first-order valence-corrected chi connectivity index (χ1v) is 4.42. The van der Waals surface area contributed by atoms with Gasteiger partial charge in [-0.05, 0) is 31.2 Å². The predicted octanol–water partition coefficient (Wildman–Crippen LogP) is 1.49. The third-order valence-corrected chi connectivity index (χ3v) is 1.66. The second-order valence-corrected chi connectivity index (χ2v) is 2.75. The fourth-order valence-electron chi connectivity index (χ4n) is 1.04. The molecule has 5 heteroatoms. The minimum Gasteiger partial charge on any atom is -0.449 e. The third-order valence-electron chi connectivity index (χ3n) is 1.66. The van der Waals surface area contributed by atoms with Crippen LogP contribution in [0, 0.1) is 0 Å². The number of carbonyl (C=O) groups excluding carboxylic acids is 1. The van der Waals surface area contributed by atoms with Crippen molar-refractivity contribution in [1.29, 1.82) is 0 Å². The number of hydrogen-bond donors (Lipinski definition) is 2. The summed E-state index contributed by atoms with van der Waals surface area (Å²) in [6.45, 7) is 2.37. The van der Waals surface area contributed by atoms with E-state index in [0.717, 1.165) is 0 Å². The molecule has 0 fully saturated rings. The van der Waals surface area contributed by atoms with E-state index in [4.69, 9.17) is 5.11 Å². The standard InChI is InChI=1S/C10H11NO4/c1-2-11-9(12)7-3-5-8(6-4-7)15-10(13)14/h3-6H,2H2,1H3,(H,11,12)(H,13,14). The number of hydrogen-bond acceptors (Lipinski definition) is 3. The molecule has 5 nitrogen and oxygen atoms in total. The molecule has 1 aromatic carbocycles. The number of carbonyl (C=O) groups is 2. The van der Waals surface area contributed by atoms with Crippen LogP contribution in [0.15, 0.2) is 24.3 Å². The molecule has 0 aromatic heterocycles. The zero-order valence-corrected chi connectivity index (χ0v) is 8.19. The number of nitrogens with one attached hydrogen (secondary N) is 1. The average Bonchev–Trinajstić information content (AvgIpc) is 2.18. The van der Waals surface area contributed by atoms with E-state index in [2.05, 4.69) is 10.1 Å². The lowest BCUT2D eigenvalue weighted by molar-refractivity contribution is 0.0956. The highest BCUT2D eigenvalue weighted by atomic mass is 16.7. The number of rotatable bonds is 3. The Labute approximate surface area is 86.7 Å². The molecule has 1 amide bonds. The van der Waals surface area contributed by atoms with Gasteiger partial charge in [-0.2, -0.15) is 0 Å². The lowest BCUT2D eigenvalue weighted by atomic mass is 10.2. The Morgan fingerprint density at radius 3 is 2.40 bits per heavy atom. The van der Waals surface area contributed by atoms with Gasteiger partial charge >= 0.3 is 6.16 Å². The van der Waals surface area contributed by atoms with E-state index in [1.807, 2.05) is 6.92 Å². The van der Waals surface area contributed by atoms with Crippen molar-refractivity contribution in [2.24, 2.45) is 0 Å². The highest BCUT2D eigenvalue weighted by Crippen LogP contribution is 2.12. The van der Waals surface area contributed by atoms with Crippen LogP contribution >= 0.6 is 0 Å². The highest BCUT2D eigenvalue weighted by Gasteiger charge is 2.05. The molecule has 0 aliphatic carbocycles. The predicted molar refractivity (Wildman–Crippen MR) is 53.1 cm³/mol. The lowest BCUT2D eigenvalue weighted by Gasteiger charge is -2.03. The van der Waals surface area contributed by atoms with Gasteiger partial charge in [0, 0.05) is 12.1 Å². The summed E-state index contributed by atoms with van der Waals surface area (Å²) in [7, 11) is 0. The fourth-order valence-corrected chi connectivity index (χ4v) is 1.04. The third kappa shape index (κ3) is 3.30. The first kappa shape index (κ1) is 11.0. The van der Waals surface area contributed by atoms with Crippen molar-refractivity contribution in [3.8, 4) is 5.75 Å². The van der Waals surface area contributed by atoms with E-state index in [1.165, 1.54) is 24.3 Å². The maximum atomic E-state index is 11.3. The second kappa shape index (κ2) is 4.99. The van der Waals surface area contributed by atoms with Crippen LogP contribution in [0.3, 0.4) is 0 Å². The van der Waals surface area contributed by atoms with Crippen molar-refractivity contribution >= 4 is 12.1 Å². The molecular weight excluding hydrogens is 198 g/mol. The van der Waals surface area contributed by atoms with E-state index in [1.54, 1.807) is 0 Å². The Bertz CT molecular complexity index is 358. The van der Waals surface area contributed by atoms with E-state index < -0.39 is 6.16 Å². The monoisotopic (exact) mass is 209 g/mol. The minimum absolute atomic E-state index is 0.190. The smallest absolute Gasteiger partial charge is 0.449 e. The molecule has 15 heavy (non-hydrogen) atoms. The molecule has 2 N–H and O–H groups in total. The summed E-state index contributed by atoms with van der Waals surface area (Å²) in [5.41, 5.74) is 0.467. The molecule has 0 radical (unpaired) electrons. The Morgan fingerprint density at radius 2 is 1.93 bits per heavy atom. The van der Waals surface area contributed by atoms with Gasteiger partial charge in [0.05, 0.1) is 0 Å². The minimum atomic E-state index is -1.37. The Balaban J connectivity index is 2.71. The maximum Gasteiger partial charge on any atom is 0.511 e. The summed E-state index contributed by atoms with van der Waals surface area (Å²) < 4.78 is 4.39. The highest BCUT2D eigenvalue weighted by molar-refractivity contribution is 5.94. The number of amides is 1. The zero-order chi connectivity index (χ0) is 11.3. The van der Waals surface area contributed by atoms with Gasteiger partial charge in [-0.3, -0.25) is 4.79 Å².